The summed E-state index contributed by atoms with van der Waals surface area (Å²) in [4.78, 5) is 2.19. The van der Waals surface area contributed by atoms with Gasteiger partial charge in [0.1, 0.15) is 5.82 Å². The summed E-state index contributed by atoms with van der Waals surface area (Å²) in [5.41, 5.74) is 6.57. The average Bonchev–Trinajstić information content (AvgIpc) is 3.00. The zero-order chi connectivity index (χ0) is 13.2. The van der Waals surface area contributed by atoms with Crippen molar-refractivity contribution in [3.63, 3.8) is 0 Å². The quantitative estimate of drug-likeness (QED) is 0.905. The third kappa shape index (κ3) is 2.80. The Bertz CT molecular complexity index is 554. The summed E-state index contributed by atoms with van der Waals surface area (Å²) in [6.07, 6.45) is 0.999. The summed E-state index contributed by atoms with van der Waals surface area (Å²) in [5, 5.41) is 7.99. The van der Waals surface area contributed by atoms with Gasteiger partial charge in [-0.15, -0.1) is 10.2 Å². The van der Waals surface area contributed by atoms with E-state index in [0.29, 0.717) is 18.3 Å². The highest BCUT2D eigenvalue weighted by Crippen LogP contribution is 2.19. The maximum Gasteiger partial charge on any atom is 0.247 e. The van der Waals surface area contributed by atoms with E-state index in [1.165, 1.54) is 12.1 Å². The van der Waals surface area contributed by atoms with Crippen LogP contribution in [-0.4, -0.2) is 34.2 Å². The molecule has 0 saturated carbocycles. The van der Waals surface area contributed by atoms with Crippen molar-refractivity contribution in [2.24, 2.45) is 5.73 Å². The molecule has 1 aliphatic heterocycles. The molecule has 1 fully saturated rings. The Morgan fingerprint density at radius 2 is 2.11 bits per heavy atom. The predicted octanol–water partition coefficient (Wildman–Crippen LogP) is 1.41. The number of rotatable bonds is 3. The fraction of sp³-hybridized carbons (Fsp3) is 0.385. The van der Waals surface area contributed by atoms with Crippen LogP contribution < -0.4 is 5.73 Å². The van der Waals surface area contributed by atoms with Gasteiger partial charge >= 0.3 is 0 Å². The van der Waals surface area contributed by atoms with E-state index < -0.39 is 0 Å². The number of nitrogens with zero attached hydrogens (tertiary/aromatic N) is 3. The smallest absolute Gasteiger partial charge is 0.247 e. The third-order valence-electron chi connectivity index (χ3n) is 3.23. The van der Waals surface area contributed by atoms with E-state index in [9.17, 15) is 4.39 Å². The third-order valence-corrected chi connectivity index (χ3v) is 3.23. The second-order valence-electron chi connectivity index (χ2n) is 4.79. The Balaban J connectivity index is 1.71. The molecule has 2 aromatic rings. The summed E-state index contributed by atoms with van der Waals surface area (Å²) in [5.74, 6) is 0.696. The van der Waals surface area contributed by atoms with Crippen LogP contribution in [0.15, 0.2) is 28.7 Å². The fourth-order valence-electron chi connectivity index (χ4n) is 2.22. The highest BCUT2D eigenvalue weighted by molar-refractivity contribution is 5.51. The molecule has 19 heavy (non-hydrogen) atoms. The van der Waals surface area contributed by atoms with Crippen molar-refractivity contribution in [2.45, 2.75) is 19.0 Å². The number of benzene rings is 1. The zero-order valence-electron chi connectivity index (χ0n) is 10.4. The van der Waals surface area contributed by atoms with Crippen LogP contribution in [0.5, 0.6) is 0 Å². The highest BCUT2D eigenvalue weighted by atomic mass is 19.1. The molecule has 1 aromatic heterocycles. The number of hydrogen-bond acceptors (Lipinski definition) is 5. The maximum absolute atomic E-state index is 12.8. The van der Waals surface area contributed by atoms with E-state index in [-0.39, 0.29) is 11.9 Å². The first-order chi connectivity index (χ1) is 9.20. The van der Waals surface area contributed by atoms with Gasteiger partial charge in [0.05, 0.1) is 6.54 Å². The fourth-order valence-corrected chi connectivity index (χ4v) is 2.22. The summed E-state index contributed by atoms with van der Waals surface area (Å²) in [7, 11) is 0. The molecule has 6 heteroatoms. The largest absolute Gasteiger partial charge is 0.419 e. The molecule has 1 aromatic carbocycles. The first-order valence-electron chi connectivity index (χ1n) is 6.27. The molecule has 3 rings (SSSR count). The molecule has 5 nitrogen and oxygen atoms in total. The Morgan fingerprint density at radius 3 is 2.79 bits per heavy atom. The normalized spacial score (nSPS) is 20.0. The molecule has 0 amide bonds. The van der Waals surface area contributed by atoms with E-state index in [0.717, 1.165) is 25.1 Å². The van der Waals surface area contributed by atoms with Crippen molar-refractivity contribution in [3.8, 4) is 11.5 Å². The molecule has 0 radical (unpaired) electrons. The number of halogens is 1. The van der Waals surface area contributed by atoms with Crippen LogP contribution in [0.25, 0.3) is 11.5 Å². The molecule has 1 atom stereocenters. The van der Waals surface area contributed by atoms with Crippen LogP contribution in [0.4, 0.5) is 4.39 Å². The molecule has 0 aliphatic carbocycles. The van der Waals surface area contributed by atoms with Gasteiger partial charge in [-0.25, -0.2) is 4.39 Å². The van der Waals surface area contributed by atoms with Gasteiger partial charge in [0.25, 0.3) is 0 Å². The number of likely N-dealkylation sites (tertiary alicyclic amines) is 1. The molecule has 2 N–H and O–H groups in total. The van der Waals surface area contributed by atoms with Crippen LogP contribution in [0.2, 0.25) is 0 Å². The topological polar surface area (TPSA) is 68.2 Å². The molecule has 0 bridgehead atoms. The molecule has 0 unspecified atom stereocenters. The SMILES string of the molecule is N[C@H]1CCN(Cc2nnc(-c3ccc(F)cc3)o2)C1. The first-order valence-corrected chi connectivity index (χ1v) is 6.27. The van der Waals surface area contributed by atoms with Crippen LogP contribution in [0.1, 0.15) is 12.3 Å². The van der Waals surface area contributed by atoms with E-state index in [1.54, 1.807) is 12.1 Å². The lowest BCUT2D eigenvalue weighted by atomic mass is 10.2. The summed E-state index contributed by atoms with van der Waals surface area (Å²) in [6.45, 7) is 2.42. The van der Waals surface area contributed by atoms with Gasteiger partial charge in [0, 0.05) is 24.7 Å². The van der Waals surface area contributed by atoms with Crippen LogP contribution in [0.3, 0.4) is 0 Å². The van der Waals surface area contributed by atoms with Crippen LogP contribution in [0, 0.1) is 5.82 Å². The monoisotopic (exact) mass is 262 g/mol. The van der Waals surface area contributed by atoms with Crippen molar-refractivity contribution in [2.75, 3.05) is 13.1 Å². The van der Waals surface area contributed by atoms with Crippen LogP contribution >= 0.6 is 0 Å². The van der Waals surface area contributed by atoms with E-state index in [1.807, 2.05) is 0 Å². The van der Waals surface area contributed by atoms with Crippen LogP contribution in [-0.2, 0) is 6.54 Å². The van der Waals surface area contributed by atoms with Gasteiger partial charge in [0.15, 0.2) is 0 Å². The van der Waals surface area contributed by atoms with Gasteiger partial charge in [-0.1, -0.05) is 0 Å². The Kier molecular flexibility index (Phi) is 3.27. The molecule has 2 heterocycles. The number of aromatic nitrogens is 2. The molecule has 0 spiro atoms. The van der Waals surface area contributed by atoms with Gasteiger partial charge in [-0.3, -0.25) is 4.90 Å². The lowest BCUT2D eigenvalue weighted by Gasteiger charge is -2.11. The van der Waals surface area contributed by atoms with Crippen molar-refractivity contribution in [3.05, 3.63) is 36.0 Å². The predicted molar refractivity (Wildman–Crippen MR) is 67.6 cm³/mol. The molecule has 100 valence electrons. The minimum Gasteiger partial charge on any atom is -0.419 e. The van der Waals surface area contributed by atoms with Crippen molar-refractivity contribution >= 4 is 0 Å². The summed E-state index contributed by atoms with van der Waals surface area (Å²) >= 11 is 0. The molecular weight excluding hydrogens is 247 g/mol. The standard InChI is InChI=1S/C13H15FN4O/c14-10-3-1-9(2-4-10)13-17-16-12(19-13)8-18-6-5-11(15)7-18/h1-4,11H,5-8,15H2/t11-/m0/s1. The average molecular weight is 262 g/mol. The minimum atomic E-state index is -0.283. The van der Waals surface area contributed by atoms with Crippen molar-refractivity contribution in [1.29, 1.82) is 0 Å². The Morgan fingerprint density at radius 1 is 1.32 bits per heavy atom. The highest BCUT2D eigenvalue weighted by Gasteiger charge is 2.21. The van der Waals surface area contributed by atoms with Gasteiger partial charge in [-0.05, 0) is 30.7 Å². The molecule has 1 aliphatic rings. The number of hydrogen-bond donors (Lipinski definition) is 1. The van der Waals surface area contributed by atoms with Gasteiger partial charge in [0.2, 0.25) is 11.8 Å². The maximum atomic E-state index is 12.8. The van der Waals surface area contributed by atoms with E-state index in [4.69, 9.17) is 10.2 Å². The second kappa shape index (κ2) is 5.07. The Hall–Kier alpha value is -1.79. The van der Waals surface area contributed by atoms with E-state index in [2.05, 4.69) is 15.1 Å². The van der Waals surface area contributed by atoms with Crippen molar-refractivity contribution < 1.29 is 8.81 Å². The Labute approximate surface area is 110 Å². The van der Waals surface area contributed by atoms with Gasteiger partial charge in [-0.2, -0.15) is 0 Å². The lowest BCUT2D eigenvalue weighted by molar-refractivity contribution is 0.289. The minimum absolute atomic E-state index is 0.236. The van der Waals surface area contributed by atoms with Gasteiger partial charge < -0.3 is 10.2 Å². The first kappa shape index (κ1) is 12.3. The number of nitrogens with two attached hydrogens (primary N) is 1. The summed E-state index contributed by atoms with van der Waals surface area (Å²) < 4.78 is 18.4. The second-order valence-corrected chi connectivity index (χ2v) is 4.79. The molecule has 1 saturated heterocycles. The zero-order valence-corrected chi connectivity index (χ0v) is 10.4. The summed E-state index contributed by atoms with van der Waals surface area (Å²) in [6, 6.07) is 6.23. The van der Waals surface area contributed by atoms with Crippen molar-refractivity contribution in [1.82, 2.24) is 15.1 Å². The molecular formula is C13H15FN4O. The lowest BCUT2D eigenvalue weighted by Crippen LogP contribution is -2.26. The van der Waals surface area contributed by atoms with E-state index >= 15 is 0 Å².